The van der Waals surface area contributed by atoms with Gasteiger partial charge in [0.05, 0.1) is 0 Å². The second-order valence-electron chi connectivity index (χ2n) is 3.27. The van der Waals surface area contributed by atoms with E-state index in [0.717, 1.165) is 6.42 Å². The van der Waals surface area contributed by atoms with Gasteiger partial charge in [0, 0.05) is 6.42 Å². The van der Waals surface area contributed by atoms with E-state index in [9.17, 15) is 26.3 Å². The van der Waals surface area contributed by atoms with Crippen LogP contribution < -0.4 is 30.8 Å². The topological polar surface area (TPSA) is 292 Å². The Morgan fingerprint density at radius 3 is 1.04 bits per heavy atom. The van der Waals surface area contributed by atoms with E-state index in [1.54, 1.807) is 0 Å². The van der Waals surface area contributed by atoms with Gasteiger partial charge in [-0.05, 0) is 6.08 Å². The van der Waals surface area contributed by atoms with E-state index in [1.807, 2.05) is 7.05 Å². The van der Waals surface area contributed by atoms with Crippen LogP contribution in [0.2, 0.25) is 0 Å². The van der Waals surface area contributed by atoms with Gasteiger partial charge < -0.3 is 39.9 Å². The third kappa shape index (κ3) is 25.2. The molecule has 1 aliphatic rings. The van der Waals surface area contributed by atoms with Gasteiger partial charge in [0.15, 0.2) is 26.4 Å². The molecule has 0 saturated carbocycles. The molecule has 1 aliphatic heterocycles. The summed E-state index contributed by atoms with van der Waals surface area (Å²) in [6, 6.07) is 0. The Hall–Kier alpha value is -0.754. The third-order valence-electron chi connectivity index (χ3n) is 1.44. The normalized spacial score (nSPS) is 12.0. The molecule has 0 aromatic carbocycles. The molecule has 0 aromatic rings. The largest absolute Gasteiger partial charge is 2.00 e. The summed E-state index contributed by atoms with van der Waals surface area (Å²) in [7, 11) is -10.1. The molecule has 0 aliphatic carbocycles. The van der Waals surface area contributed by atoms with Gasteiger partial charge in [0.1, 0.15) is 13.3 Å². The van der Waals surface area contributed by atoms with Crippen LogP contribution in [0.15, 0.2) is 12.3 Å². The number of hydrogen-bond acceptors (Lipinski definition) is 11. The molecule has 0 saturated heterocycles. The number of allylic oxidation sites excluding steroid dienone is 1. The Bertz CT molecular complexity index is 591. The molecule has 0 unspecified atom stereocenters. The summed E-state index contributed by atoms with van der Waals surface area (Å²) in [5.41, 5.74) is -11.3. The molecule has 0 aromatic heterocycles. The van der Waals surface area contributed by atoms with E-state index in [1.165, 1.54) is 0 Å². The fraction of sp³-hybridized carbons (Fsp3) is 0.571. The zero-order valence-corrected chi connectivity index (χ0v) is 18.5. The molecule has 21 heteroatoms. The molecule has 0 bridgehead atoms. The molecule has 0 fully saturated rings. The fourth-order valence-corrected chi connectivity index (χ4v) is 0.515. The summed E-state index contributed by atoms with van der Waals surface area (Å²) >= 11 is 0. The molecular weight excluding hydrogens is 632 g/mol. The molecule has 0 radical (unpaired) electrons. The summed E-state index contributed by atoms with van der Waals surface area (Å²) in [4.78, 5) is 0. The van der Waals surface area contributed by atoms with Crippen molar-refractivity contribution in [3.05, 3.63) is 12.3 Å². The first-order valence-corrected chi connectivity index (χ1v) is 7.47. The van der Waals surface area contributed by atoms with Crippen molar-refractivity contribution in [3.8, 4) is 0 Å². The van der Waals surface area contributed by atoms with Crippen molar-refractivity contribution in [2.45, 2.75) is 17.4 Å². The SMILES string of the molecule is C[N+]1=CCC=C1.N.N.N.N.N.O=S(=O)([O-])C(F)(F)F.O=S(=O)([O-])C(F)(F)F.[Os+2]. The van der Waals surface area contributed by atoms with Gasteiger partial charge in [-0.1, -0.05) is 0 Å². The van der Waals surface area contributed by atoms with E-state index >= 15 is 0 Å². The smallest absolute Gasteiger partial charge is 0.741 e. The summed E-state index contributed by atoms with van der Waals surface area (Å²) in [6.45, 7) is 0. The predicted molar refractivity (Wildman–Crippen MR) is 82.6 cm³/mol. The van der Waals surface area contributed by atoms with Crippen LogP contribution in [0.1, 0.15) is 6.42 Å². The minimum atomic E-state index is -6.09. The molecule has 12 nitrogen and oxygen atoms in total. The van der Waals surface area contributed by atoms with Crippen LogP contribution in [0.3, 0.4) is 0 Å². The zero-order valence-electron chi connectivity index (χ0n) is 14.3. The maximum atomic E-state index is 10.7. The van der Waals surface area contributed by atoms with Crippen LogP contribution in [-0.2, 0) is 40.0 Å². The Morgan fingerprint density at radius 2 is 1.00 bits per heavy atom. The third-order valence-corrected chi connectivity index (χ3v) is 2.57. The van der Waals surface area contributed by atoms with E-state index < -0.39 is 31.3 Å². The zero-order chi connectivity index (χ0) is 18.4. The first-order chi connectivity index (χ1) is 9.39. The van der Waals surface area contributed by atoms with Gasteiger partial charge >= 0.3 is 30.8 Å². The Labute approximate surface area is 170 Å². The fourth-order valence-electron chi connectivity index (χ4n) is 0.515. The van der Waals surface area contributed by atoms with Crippen molar-refractivity contribution < 1.29 is 76.6 Å². The van der Waals surface area contributed by atoms with Crippen LogP contribution in [0, 0.1) is 0 Å². The van der Waals surface area contributed by atoms with Gasteiger partial charge in [-0.15, -0.1) is 0 Å². The van der Waals surface area contributed by atoms with E-state index in [4.69, 9.17) is 25.9 Å². The van der Waals surface area contributed by atoms with Gasteiger partial charge in [0.25, 0.3) is 0 Å². The van der Waals surface area contributed by atoms with Crippen LogP contribution in [-0.4, -0.2) is 54.8 Å². The quantitative estimate of drug-likeness (QED) is 0.108. The molecule has 15 N–H and O–H groups in total. The summed E-state index contributed by atoms with van der Waals surface area (Å²) in [6.07, 6.45) is 7.41. The second kappa shape index (κ2) is 18.3. The van der Waals surface area contributed by atoms with E-state index in [-0.39, 0.29) is 50.5 Å². The van der Waals surface area contributed by atoms with Gasteiger partial charge in [-0.3, -0.25) is 0 Å². The number of nitrogens with zero attached hydrogens (tertiary/aromatic N) is 1. The minimum Gasteiger partial charge on any atom is -0.741 e. The Kier molecular flexibility index (Phi) is 33.1. The van der Waals surface area contributed by atoms with Gasteiger partial charge in [-0.2, -0.15) is 26.3 Å². The minimum absolute atomic E-state index is 0. The van der Waals surface area contributed by atoms with E-state index in [2.05, 4.69) is 23.1 Å². The van der Waals surface area contributed by atoms with Crippen LogP contribution >= 0.6 is 0 Å². The first kappa shape index (κ1) is 50.7. The number of hydrogen-bond donors (Lipinski definition) is 5. The van der Waals surface area contributed by atoms with Crippen LogP contribution in [0.25, 0.3) is 0 Å². The number of halogens is 6. The molecule has 1 rings (SSSR count). The maximum absolute atomic E-state index is 10.7. The summed E-state index contributed by atoms with van der Waals surface area (Å²) in [5.74, 6) is 0. The molecule has 1 heterocycles. The molecular formula is C7H23F6N6O6OsS2+. The molecule has 0 atom stereocenters. The summed E-state index contributed by atoms with van der Waals surface area (Å²) in [5, 5.41) is 0. The van der Waals surface area contributed by atoms with Crippen molar-refractivity contribution in [2.24, 2.45) is 0 Å². The van der Waals surface area contributed by atoms with Crippen molar-refractivity contribution >= 4 is 26.5 Å². The van der Waals surface area contributed by atoms with Crippen molar-refractivity contribution in [1.82, 2.24) is 30.8 Å². The van der Waals surface area contributed by atoms with Crippen LogP contribution in [0.4, 0.5) is 26.3 Å². The van der Waals surface area contributed by atoms with Crippen molar-refractivity contribution in [1.29, 1.82) is 0 Å². The molecule has 0 spiro atoms. The molecule has 0 amide bonds. The van der Waals surface area contributed by atoms with Gasteiger partial charge in [-0.25, -0.2) is 21.4 Å². The van der Waals surface area contributed by atoms with Crippen molar-refractivity contribution in [2.75, 3.05) is 7.05 Å². The molecule has 28 heavy (non-hydrogen) atoms. The Balaban J connectivity index is -0.0000000324. The van der Waals surface area contributed by atoms with Crippen molar-refractivity contribution in [3.63, 3.8) is 0 Å². The number of alkyl halides is 6. The Morgan fingerprint density at radius 1 is 0.786 bits per heavy atom. The monoisotopic (exact) mass is 657 g/mol. The summed E-state index contributed by atoms with van der Waals surface area (Å²) < 4.78 is 120. The number of rotatable bonds is 0. The first-order valence-electron chi connectivity index (χ1n) is 4.66. The molecule has 178 valence electrons. The van der Waals surface area contributed by atoms with Crippen LogP contribution in [0.5, 0.6) is 0 Å². The standard InChI is InChI=1S/C5H8N.2CHF3O3S.5H3N.Os/c1-6-4-2-3-5-6;2*2-1(3,4)8(5,6)7;;;;;;/h2,4-5H,3H2,1H3;2*(H,5,6,7);5*1H3;/q+1;;;;;;;;+2/p-2. The average molecular weight is 656 g/mol. The predicted octanol–water partition coefficient (Wildman–Crippen LogP) is 1.53. The maximum Gasteiger partial charge on any atom is 2.00 e. The average Bonchev–Trinajstić information content (AvgIpc) is 2.64. The van der Waals surface area contributed by atoms with Gasteiger partial charge in [0.2, 0.25) is 0 Å². The second-order valence-corrected chi connectivity index (χ2v) is 6.01. The van der Waals surface area contributed by atoms with E-state index in [0.29, 0.717) is 0 Å².